The largest absolute Gasteiger partial charge is 0.496 e. The van der Waals surface area contributed by atoms with Crippen molar-refractivity contribution in [2.45, 2.75) is 25.7 Å². The molecule has 0 radical (unpaired) electrons. The van der Waals surface area contributed by atoms with Crippen LogP contribution < -0.4 is 10.5 Å². The lowest BCUT2D eigenvalue weighted by molar-refractivity contribution is 0.420. The molecular weight excluding hydrogens is 248 g/mol. The molecule has 94 valence electrons. The summed E-state index contributed by atoms with van der Waals surface area (Å²) in [7, 11) is 1.64. The molecule has 4 heteroatoms. The summed E-state index contributed by atoms with van der Waals surface area (Å²) in [6, 6.07) is 3.66. The van der Waals surface area contributed by atoms with Gasteiger partial charge in [-0.1, -0.05) is 11.6 Å². The number of rotatable bonds is 1. The van der Waals surface area contributed by atoms with E-state index in [4.69, 9.17) is 27.1 Å². The number of aryl methyl sites for hydroxylation is 1. The number of pyridine rings is 1. The summed E-state index contributed by atoms with van der Waals surface area (Å²) in [5.41, 5.74) is 10.1. The summed E-state index contributed by atoms with van der Waals surface area (Å²) >= 11 is 6.23. The predicted octanol–water partition coefficient (Wildman–Crippen LogP) is 3.36. The van der Waals surface area contributed by atoms with Crippen LogP contribution in [-0.2, 0) is 12.8 Å². The van der Waals surface area contributed by atoms with Gasteiger partial charge in [-0.2, -0.15) is 0 Å². The molecule has 0 aliphatic heterocycles. The van der Waals surface area contributed by atoms with Gasteiger partial charge in [-0.25, -0.2) is 0 Å². The number of hydrogen-bond acceptors (Lipinski definition) is 3. The smallest absolute Gasteiger partial charge is 0.130 e. The van der Waals surface area contributed by atoms with Crippen LogP contribution in [-0.4, -0.2) is 12.1 Å². The zero-order chi connectivity index (χ0) is 12.7. The first-order valence-electron chi connectivity index (χ1n) is 6.16. The van der Waals surface area contributed by atoms with E-state index < -0.39 is 0 Å². The summed E-state index contributed by atoms with van der Waals surface area (Å²) in [6.45, 7) is 0. The second-order valence-electron chi connectivity index (χ2n) is 4.63. The normalized spacial score (nSPS) is 14.6. The van der Waals surface area contributed by atoms with E-state index in [0.29, 0.717) is 5.02 Å². The average Bonchev–Trinajstić information content (AvgIpc) is 2.40. The number of hydrogen-bond donors (Lipinski definition) is 1. The topological polar surface area (TPSA) is 48.1 Å². The number of ether oxygens (including phenoxy) is 1. The third-order valence-electron chi connectivity index (χ3n) is 3.59. The van der Waals surface area contributed by atoms with Crippen LogP contribution in [0.15, 0.2) is 12.1 Å². The fourth-order valence-corrected chi connectivity index (χ4v) is 2.88. The highest BCUT2D eigenvalue weighted by Crippen LogP contribution is 2.38. The highest BCUT2D eigenvalue weighted by atomic mass is 35.5. The Labute approximate surface area is 111 Å². The van der Waals surface area contributed by atoms with Gasteiger partial charge in [0, 0.05) is 11.4 Å². The van der Waals surface area contributed by atoms with Crippen molar-refractivity contribution in [1.29, 1.82) is 0 Å². The average molecular weight is 263 g/mol. The quantitative estimate of drug-likeness (QED) is 0.857. The number of methoxy groups -OCH3 is 1. The van der Waals surface area contributed by atoms with E-state index in [1.54, 1.807) is 7.11 Å². The minimum atomic E-state index is 0.630. The lowest BCUT2D eigenvalue weighted by atomic mass is 9.93. The zero-order valence-corrected chi connectivity index (χ0v) is 11.0. The Morgan fingerprint density at radius 3 is 2.83 bits per heavy atom. The highest BCUT2D eigenvalue weighted by molar-refractivity contribution is 6.35. The molecule has 1 heterocycles. The molecule has 2 aromatic rings. The molecule has 18 heavy (non-hydrogen) atoms. The Hall–Kier alpha value is -1.48. The van der Waals surface area contributed by atoms with Crippen LogP contribution >= 0.6 is 11.6 Å². The van der Waals surface area contributed by atoms with Crippen molar-refractivity contribution in [3.8, 4) is 5.75 Å². The van der Waals surface area contributed by atoms with Crippen molar-refractivity contribution >= 4 is 28.2 Å². The van der Waals surface area contributed by atoms with E-state index in [2.05, 4.69) is 0 Å². The van der Waals surface area contributed by atoms with E-state index in [-0.39, 0.29) is 0 Å². The zero-order valence-electron chi connectivity index (χ0n) is 10.3. The summed E-state index contributed by atoms with van der Waals surface area (Å²) < 4.78 is 5.38. The second-order valence-corrected chi connectivity index (χ2v) is 5.04. The molecule has 1 aliphatic carbocycles. The van der Waals surface area contributed by atoms with Crippen molar-refractivity contribution in [3.05, 3.63) is 28.4 Å². The first-order chi connectivity index (χ1) is 8.72. The fraction of sp³-hybridized carbons (Fsp3) is 0.357. The van der Waals surface area contributed by atoms with Gasteiger partial charge in [0.15, 0.2) is 0 Å². The highest BCUT2D eigenvalue weighted by Gasteiger charge is 2.19. The van der Waals surface area contributed by atoms with E-state index in [1.165, 1.54) is 18.4 Å². The number of nitrogen functional groups attached to an aromatic ring is 1. The van der Waals surface area contributed by atoms with Gasteiger partial charge in [0.05, 0.1) is 23.0 Å². The van der Waals surface area contributed by atoms with E-state index in [9.17, 15) is 0 Å². The van der Waals surface area contributed by atoms with Gasteiger partial charge >= 0.3 is 0 Å². The van der Waals surface area contributed by atoms with Crippen molar-refractivity contribution in [3.63, 3.8) is 0 Å². The molecule has 0 amide bonds. The van der Waals surface area contributed by atoms with Crippen LogP contribution in [0.2, 0.25) is 5.02 Å². The molecule has 0 saturated carbocycles. The van der Waals surface area contributed by atoms with Gasteiger partial charge in [0.2, 0.25) is 0 Å². The fourth-order valence-electron chi connectivity index (χ4n) is 2.68. The minimum Gasteiger partial charge on any atom is -0.496 e. The molecule has 3 nitrogen and oxygen atoms in total. The summed E-state index contributed by atoms with van der Waals surface area (Å²) in [6.07, 6.45) is 4.34. The lowest BCUT2D eigenvalue weighted by Crippen LogP contribution is -2.10. The van der Waals surface area contributed by atoms with Gasteiger partial charge in [0.25, 0.3) is 0 Å². The molecule has 1 aliphatic rings. The SMILES string of the molecule is COc1ccc(Cl)c2nc3c(c(N)c12)CCCC3. The number of anilines is 1. The van der Waals surface area contributed by atoms with E-state index in [1.807, 2.05) is 12.1 Å². The number of fused-ring (bicyclic) bond motifs is 2. The van der Waals surface area contributed by atoms with Crippen LogP contribution in [0.25, 0.3) is 10.9 Å². The first-order valence-corrected chi connectivity index (χ1v) is 6.53. The van der Waals surface area contributed by atoms with Crippen LogP contribution in [0, 0.1) is 0 Å². The molecule has 0 saturated heterocycles. The van der Waals surface area contributed by atoms with Gasteiger partial charge < -0.3 is 10.5 Å². The maximum absolute atomic E-state index is 6.31. The van der Waals surface area contributed by atoms with Gasteiger partial charge in [-0.15, -0.1) is 0 Å². The van der Waals surface area contributed by atoms with Gasteiger partial charge in [-0.05, 0) is 43.4 Å². The second kappa shape index (κ2) is 4.32. The summed E-state index contributed by atoms with van der Waals surface area (Å²) in [4.78, 5) is 4.69. The van der Waals surface area contributed by atoms with Crippen LogP contribution in [0.4, 0.5) is 5.69 Å². The van der Waals surface area contributed by atoms with Gasteiger partial charge in [-0.3, -0.25) is 4.98 Å². The van der Waals surface area contributed by atoms with E-state index >= 15 is 0 Å². The molecule has 3 rings (SSSR count). The Kier molecular flexibility index (Phi) is 2.78. The predicted molar refractivity (Wildman–Crippen MR) is 74.4 cm³/mol. The number of nitrogens with zero attached hydrogens (tertiary/aromatic N) is 1. The Morgan fingerprint density at radius 1 is 1.28 bits per heavy atom. The monoisotopic (exact) mass is 262 g/mol. The van der Waals surface area contributed by atoms with Crippen molar-refractivity contribution in [1.82, 2.24) is 4.98 Å². The van der Waals surface area contributed by atoms with Gasteiger partial charge in [0.1, 0.15) is 5.75 Å². The maximum Gasteiger partial charge on any atom is 0.130 e. The third kappa shape index (κ3) is 1.62. The van der Waals surface area contributed by atoms with Crippen LogP contribution in [0.1, 0.15) is 24.1 Å². The molecule has 0 bridgehead atoms. The number of benzene rings is 1. The first kappa shape index (κ1) is 11.6. The Bertz CT molecular complexity index is 625. The molecule has 0 unspecified atom stereocenters. The summed E-state index contributed by atoms with van der Waals surface area (Å²) in [5.74, 6) is 0.743. The molecular formula is C14H15ClN2O. The number of nitrogens with two attached hydrogens (primary N) is 1. The molecule has 0 fully saturated rings. The number of halogens is 1. The molecule has 1 aromatic carbocycles. The Morgan fingerprint density at radius 2 is 2.06 bits per heavy atom. The minimum absolute atomic E-state index is 0.630. The Balaban J connectivity index is 2.41. The van der Waals surface area contributed by atoms with Crippen LogP contribution in [0.5, 0.6) is 5.75 Å². The lowest BCUT2D eigenvalue weighted by Gasteiger charge is -2.20. The molecule has 1 aromatic heterocycles. The van der Waals surface area contributed by atoms with Crippen molar-refractivity contribution in [2.24, 2.45) is 0 Å². The number of aromatic nitrogens is 1. The maximum atomic E-state index is 6.31. The molecule has 0 spiro atoms. The molecule has 2 N–H and O–H groups in total. The van der Waals surface area contributed by atoms with Crippen molar-refractivity contribution < 1.29 is 4.74 Å². The van der Waals surface area contributed by atoms with E-state index in [0.717, 1.165) is 40.9 Å². The third-order valence-corrected chi connectivity index (χ3v) is 3.90. The van der Waals surface area contributed by atoms with Crippen LogP contribution in [0.3, 0.4) is 0 Å². The van der Waals surface area contributed by atoms with Crippen molar-refractivity contribution in [2.75, 3.05) is 12.8 Å². The molecule has 0 atom stereocenters. The summed E-state index contributed by atoms with van der Waals surface area (Å²) in [5, 5.41) is 1.48. The standard InChI is InChI=1S/C14H15ClN2O/c1-18-11-7-6-9(15)14-12(11)13(16)8-4-2-3-5-10(8)17-14/h6-7H,2-5H2,1H3,(H2,16,17).